The highest BCUT2D eigenvalue weighted by atomic mass is 16.5. The molecule has 4 aromatic carbocycles. The van der Waals surface area contributed by atoms with Crippen molar-refractivity contribution in [3.05, 3.63) is 94.4 Å². The van der Waals surface area contributed by atoms with Crippen molar-refractivity contribution in [2.24, 2.45) is 0 Å². The quantitative estimate of drug-likeness (QED) is 0.203. The van der Waals surface area contributed by atoms with E-state index in [1.54, 1.807) is 21.3 Å². The van der Waals surface area contributed by atoms with E-state index in [0.717, 1.165) is 54.7 Å². The lowest BCUT2D eigenvalue weighted by Gasteiger charge is -2.37. The van der Waals surface area contributed by atoms with Crippen LogP contribution in [0.4, 0.5) is 0 Å². The summed E-state index contributed by atoms with van der Waals surface area (Å²) >= 11 is 0. The van der Waals surface area contributed by atoms with Crippen molar-refractivity contribution in [1.29, 1.82) is 0 Å². The number of methoxy groups -OCH3 is 3. The van der Waals surface area contributed by atoms with E-state index >= 15 is 0 Å². The van der Waals surface area contributed by atoms with Crippen molar-refractivity contribution < 1.29 is 28.1 Å². The molecular formula is C38H39N3O6. The van der Waals surface area contributed by atoms with E-state index in [2.05, 4.69) is 71.3 Å². The van der Waals surface area contributed by atoms with Crippen molar-refractivity contribution in [3.63, 3.8) is 0 Å². The third-order valence-electron chi connectivity index (χ3n) is 10.1. The molecule has 0 radical (unpaired) electrons. The second kappa shape index (κ2) is 11.8. The largest absolute Gasteiger partial charge is 0.493 e. The summed E-state index contributed by atoms with van der Waals surface area (Å²) in [7, 11) is 9.40. The second-order valence-electron chi connectivity index (χ2n) is 12.8. The monoisotopic (exact) mass is 633 g/mol. The molecule has 0 aliphatic carbocycles. The normalized spacial score (nSPS) is 19.3. The molecule has 0 saturated carbocycles. The zero-order valence-electron chi connectivity index (χ0n) is 27.5. The summed E-state index contributed by atoms with van der Waals surface area (Å²) < 4.78 is 37.3. The van der Waals surface area contributed by atoms with Gasteiger partial charge in [-0.15, -0.1) is 0 Å². The Bertz CT molecular complexity index is 1970. The van der Waals surface area contributed by atoms with Crippen LogP contribution in [0, 0.1) is 0 Å². The zero-order chi connectivity index (χ0) is 32.2. The molecule has 242 valence electrons. The topological polar surface area (TPSA) is 78.7 Å². The van der Waals surface area contributed by atoms with Crippen molar-refractivity contribution >= 4 is 11.1 Å². The summed E-state index contributed by atoms with van der Waals surface area (Å²) in [6.07, 6.45) is 4.77. The number of fused-ring (bicyclic) bond motifs is 3. The molecule has 47 heavy (non-hydrogen) atoms. The van der Waals surface area contributed by atoms with Gasteiger partial charge in [-0.1, -0.05) is 12.1 Å². The Morgan fingerprint density at radius 3 is 2.21 bits per heavy atom. The highest BCUT2D eigenvalue weighted by Gasteiger charge is 2.35. The molecule has 0 saturated heterocycles. The van der Waals surface area contributed by atoms with E-state index in [0.29, 0.717) is 46.5 Å². The predicted molar refractivity (Wildman–Crippen MR) is 179 cm³/mol. The van der Waals surface area contributed by atoms with Gasteiger partial charge in [0, 0.05) is 30.7 Å². The first-order valence-corrected chi connectivity index (χ1v) is 16.1. The van der Waals surface area contributed by atoms with Gasteiger partial charge in [0.25, 0.3) is 0 Å². The molecule has 9 heteroatoms. The fourth-order valence-electron chi connectivity index (χ4n) is 7.53. The minimum atomic E-state index is -0.0357. The van der Waals surface area contributed by atoms with Gasteiger partial charge in [0.05, 0.1) is 21.3 Å². The van der Waals surface area contributed by atoms with Crippen LogP contribution in [0.5, 0.6) is 40.2 Å². The molecule has 5 heterocycles. The molecule has 0 amide bonds. The molecule has 0 unspecified atom stereocenters. The van der Waals surface area contributed by atoms with Gasteiger partial charge in [-0.3, -0.25) is 9.80 Å². The Morgan fingerprint density at radius 1 is 0.723 bits per heavy atom. The van der Waals surface area contributed by atoms with Crippen LogP contribution in [-0.4, -0.2) is 63.3 Å². The maximum absolute atomic E-state index is 7.04. The third-order valence-corrected chi connectivity index (χ3v) is 10.1. The summed E-state index contributed by atoms with van der Waals surface area (Å²) in [5.41, 5.74) is 8.43. The number of nitrogens with zero attached hydrogens (tertiary/aromatic N) is 3. The van der Waals surface area contributed by atoms with Gasteiger partial charge in [0.1, 0.15) is 11.3 Å². The lowest BCUT2D eigenvalue weighted by molar-refractivity contribution is 0.220. The Kier molecular flexibility index (Phi) is 7.45. The highest BCUT2D eigenvalue weighted by molar-refractivity contribution is 5.80. The van der Waals surface area contributed by atoms with Crippen LogP contribution in [0.15, 0.2) is 65.4 Å². The van der Waals surface area contributed by atoms with Crippen LogP contribution in [0.2, 0.25) is 0 Å². The number of aromatic nitrogens is 1. The summed E-state index contributed by atoms with van der Waals surface area (Å²) in [5, 5.41) is 0. The Morgan fingerprint density at radius 2 is 1.45 bits per heavy atom. The molecule has 9 nitrogen and oxygen atoms in total. The Balaban J connectivity index is 1.37. The van der Waals surface area contributed by atoms with E-state index in [9.17, 15) is 0 Å². The predicted octanol–water partition coefficient (Wildman–Crippen LogP) is 7.30. The maximum Gasteiger partial charge on any atom is 0.204 e. The number of likely N-dealkylation sites (N-methyl/N-ethyl adjacent to an activating group) is 2. The number of hydrogen-bond acceptors (Lipinski definition) is 9. The van der Waals surface area contributed by atoms with Gasteiger partial charge in [-0.05, 0) is 110 Å². The van der Waals surface area contributed by atoms with Gasteiger partial charge >= 0.3 is 0 Å². The molecule has 0 spiro atoms. The molecule has 5 aromatic rings. The van der Waals surface area contributed by atoms with Gasteiger partial charge < -0.3 is 28.1 Å². The van der Waals surface area contributed by atoms with E-state index in [1.807, 2.05) is 12.1 Å². The molecule has 0 N–H and O–H groups in total. The van der Waals surface area contributed by atoms with Gasteiger partial charge in [0.2, 0.25) is 5.75 Å². The van der Waals surface area contributed by atoms with Crippen LogP contribution in [0.25, 0.3) is 11.1 Å². The lowest BCUT2D eigenvalue weighted by atomic mass is 9.87. The third kappa shape index (κ3) is 5.14. The Hall–Kier alpha value is -4.73. The van der Waals surface area contributed by atoms with Gasteiger partial charge in [-0.25, -0.2) is 4.98 Å². The molecular weight excluding hydrogens is 594 g/mol. The Labute approximate surface area is 274 Å². The van der Waals surface area contributed by atoms with Gasteiger partial charge in [-0.2, -0.15) is 0 Å². The first kappa shape index (κ1) is 29.7. The first-order chi connectivity index (χ1) is 22.9. The van der Waals surface area contributed by atoms with Crippen molar-refractivity contribution in [3.8, 4) is 40.2 Å². The standard InChI is InChI=1S/C38H39N3O6/c1-40-12-10-24-18-31(42-3)32-20-27(24)29(40)15-22-6-8-26(9-7-22)46-34-17-23(14-28-36(34)45-21-39-28)16-30-35-25(11-13-41(30)2)19-33(43-4)37(44-5)38(35)47-32/h6-9,14,17-21,29-30H,10-13,15-16H2,1-5H3/t29-,30+/m0/s1. The molecule has 2 atom stereocenters. The van der Waals surface area contributed by atoms with E-state index < -0.39 is 0 Å². The number of oxazole rings is 1. The number of rotatable bonds is 3. The minimum Gasteiger partial charge on any atom is -0.493 e. The van der Waals surface area contributed by atoms with Gasteiger partial charge in [0.15, 0.2) is 40.7 Å². The zero-order valence-corrected chi connectivity index (χ0v) is 27.5. The van der Waals surface area contributed by atoms with Crippen molar-refractivity contribution in [2.75, 3.05) is 48.5 Å². The number of hydrogen-bond donors (Lipinski definition) is 0. The fourth-order valence-corrected chi connectivity index (χ4v) is 7.53. The van der Waals surface area contributed by atoms with Crippen LogP contribution < -0.4 is 23.7 Å². The lowest BCUT2D eigenvalue weighted by Crippen LogP contribution is -2.34. The molecule has 9 rings (SSSR count). The summed E-state index contributed by atoms with van der Waals surface area (Å²) in [5.74, 6) is 4.59. The highest BCUT2D eigenvalue weighted by Crippen LogP contribution is 2.52. The average molecular weight is 634 g/mol. The maximum atomic E-state index is 7.04. The smallest absolute Gasteiger partial charge is 0.204 e. The molecule has 4 aliphatic rings. The molecule has 0 fully saturated rings. The van der Waals surface area contributed by atoms with Crippen LogP contribution in [0.3, 0.4) is 0 Å². The second-order valence-corrected chi connectivity index (χ2v) is 12.8. The van der Waals surface area contributed by atoms with Crippen molar-refractivity contribution in [2.45, 2.75) is 37.8 Å². The molecule has 4 aliphatic heterocycles. The van der Waals surface area contributed by atoms with E-state index in [1.165, 1.54) is 28.6 Å². The van der Waals surface area contributed by atoms with E-state index in [4.69, 9.17) is 28.1 Å². The first-order valence-electron chi connectivity index (χ1n) is 16.1. The van der Waals surface area contributed by atoms with Crippen molar-refractivity contribution in [1.82, 2.24) is 14.8 Å². The van der Waals surface area contributed by atoms with E-state index in [-0.39, 0.29) is 12.1 Å². The molecule has 6 bridgehead atoms. The van der Waals surface area contributed by atoms with Crippen LogP contribution >= 0.6 is 0 Å². The average Bonchev–Trinajstić information content (AvgIpc) is 3.56. The fraction of sp³-hybridized carbons (Fsp3) is 0.342. The SMILES string of the molecule is COc1cc2c3cc1Oc1c(OC)c(OC)cc4c1[C@@H](Cc1cc(c5ocnc5c1)Oc1ccc(cc1)C[C@@H]3N(C)CC2)N(C)CC4. The summed E-state index contributed by atoms with van der Waals surface area (Å²) in [6.45, 7) is 1.83. The summed E-state index contributed by atoms with van der Waals surface area (Å²) in [4.78, 5) is 9.31. The number of ether oxygens (including phenoxy) is 5. The van der Waals surface area contributed by atoms with Crippen LogP contribution in [-0.2, 0) is 25.7 Å². The van der Waals surface area contributed by atoms with Crippen LogP contribution in [0.1, 0.15) is 45.5 Å². The summed E-state index contributed by atoms with van der Waals surface area (Å²) in [6, 6.07) is 19.1. The minimum absolute atomic E-state index is 0.0357. The molecule has 1 aromatic heterocycles. The number of benzene rings is 4.